The van der Waals surface area contributed by atoms with Crippen molar-refractivity contribution in [2.24, 2.45) is 0 Å². The Kier molecular flexibility index (Phi) is 4.84. The molecule has 1 heterocycles. The first-order valence-electron chi connectivity index (χ1n) is 6.63. The summed E-state index contributed by atoms with van der Waals surface area (Å²) in [7, 11) is 1.67. The number of likely N-dealkylation sites (N-methyl/N-ethyl adjacent to an activating group) is 1. The van der Waals surface area contributed by atoms with Gasteiger partial charge in [-0.3, -0.25) is 9.78 Å². The van der Waals surface area contributed by atoms with Gasteiger partial charge >= 0.3 is 0 Å². The molecular formula is C15H18N4O2. The van der Waals surface area contributed by atoms with E-state index in [0.717, 1.165) is 5.69 Å². The molecule has 1 atom stereocenters. The summed E-state index contributed by atoms with van der Waals surface area (Å²) in [4.78, 5) is 21.9. The van der Waals surface area contributed by atoms with Crippen molar-refractivity contribution in [2.75, 3.05) is 19.0 Å². The molecule has 0 fully saturated rings. The number of hydrogen-bond donors (Lipinski definition) is 2. The summed E-state index contributed by atoms with van der Waals surface area (Å²) >= 11 is 0. The minimum atomic E-state index is -0.228. The van der Waals surface area contributed by atoms with E-state index >= 15 is 0 Å². The van der Waals surface area contributed by atoms with E-state index in [1.807, 2.05) is 6.07 Å². The Bertz CT molecular complexity index is 604. The summed E-state index contributed by atoms with van der Waals surface area (Å²) in [6.07, 6.45) is 4.79. The summed E-state index contributed by atoms with van der Waals surface area (Å²) in [5, 5.41) is 12.2. The van der Waals surface area contributed by atoms with Crippen LogP contribution in [0.1, 0.15) is 17.3 Å². The van der Waals surface area contributed by atoms with Crippen molar-refractivity contribution < 1.29 is 9.90 Å². The second-order valence-corrected chi connectivity index (χ2v) is 4.74. The standard InChI is InChI=1S/C15H18N4O2/c1-11(10-20)19(2)15(21)12-4-3-5-13(8-12)18-14-9-16-6-7-17-14/h3-9,11,20H,10H2,1-2H3,(H,17,18). The zero-order valence-corrected chi connectivity index (χ0v) is 12.0. The molecule has 1 unspecified atom stereocenters. The van der Waals surface area contributed by atoms with Gasteiger partial charge < -0.3 is 15.3 Å². The van der Waals surface area contributed by atoms with Crippen molar-refractivity contribution in [3.8, 4) is 0 Å². The van der Waals surface area contributed by atoms with Crippen LogP contribution in [0.4, 0.5) is 11.5 Å². The predicted molar refractivity (Wildman–Crippen MR) is 80.4 cm³/mol. The number of benzene rings is 1. The molecule has 0 aliphatic rings. The molecule has 0 radical (unpaired) electrons. The summed E-state index contributed by atoms with van der Waals surface area (Å²) in [5.41, 5.74) is 1.30. The maximum absolute atomic E-state index is 12.3. The first-order valence-corrected chi connectivity index (χ1v) is 6.63. The van der Waals surface area contributed by atoms with Gasteiger partial charge in [0.1, 0.15) is 5.82 Å². The molecule has 0 saturated carbocycles. The van der Waals surface area contributed by atoms with Crippen LogP contribution >= 0.6 is 0 Å². The average Bonchev–Trinajstić information content (AvgIpc) is 2.54. The molecule has 6 nitrogen and oxygen atoms in total. The molecule has 2 rings (SSSR count). The van der Waals surface area contributed by atoms with Gasteiger partial charge in [0.2, 0.25) is 0 Å². The molecule has 2 aromatic rings. The number of nitrogens with one attached hydrogen (secondary N) is 1. The second-order valence-electron chi connectivity index (χ2n) is 4.74. The third-order valence-electron chi connectivity index (χ3n) is 3.19. The normalized spacial score (nSPS) is 11.8. The molecule has 2 N–H and O–H groups in total. The van der Waals surface area contributed by atoms with Crippen LogP contribution in [-0.2, 0) is 0 Å². The van der Waals surface area contributed by atoms with Gasteiger partial charge in [-0.1, -0.05) is 6.07 Å². The van der Waals surface area contributed by atoms with Crippen molar-refractivity contribution in [1.82, 2.24) is 14.9 Å². The lowest BCUT2D eigenvalue weighted by Gasteiger charge is -2.23. The highest BCUT2D eigenvalue weighted by molar-refractivity contribution is 5.95. The zero-order valence-electron chi connectivity index (χ0n) is 12.0. The first-order chi connectivity index (χ1) is 10.1. The van der Waals surface area contributed by atoms with Crippen LogP contribution in [0.15, 0.2) is 42.9 Å². The van der Waals surface area contributed by atoms with Gasteiger partial charge in [-0.25, -0.2) is 4.98 Å². The molecule has 1 aromatic carbocycles. The molecule has 21 heavy (non-hydrogen) atoms. The fraction of sp³-hybridized carbons (Fsp3) is 0.267. The van der Waals surface area contributed by atoms with Crippen LogP contribution in [0, 0.1) is 0 Å². The topological polar surface area (TPSA) is 78.4 Å². The van der Waals surface area contributed by atoms with Gasteiger partial charge in [0.25, 0.3) is 5.91 Å². The Labute approximate surface area is 123 Å². The number of aliphatic hydroxyl groups is 1. The third-order valence-corrected chi connectivity index (χ3v) is 3.19. The van der Waals surface area contributed by atoms with Crippen LogP contribution in [-0.4, -0.2) is 45.6 Å². The van der Waals surface area contributed by atoms with Crippen LogP contribution in [0.25, 0.3) is 0 Å². The molecule has 0 aliphatic carbocycles. The predicted octanol–water partition coefficient (Wildman–Crippen LogP) is 1.67. The molecule has 6 heteroatoms. The molecule has 0 aliphatic heterocycles. The lowest BCUT2D eigenvalue weighted by molar-refractivity contribution is 0.0682. The van der Waals surface area contributed by atoms with Gasteiger partial charge in [-0.15, -0.1) is 0 Å². The van der Waals surface area contributed by atoms with E-state index in [-0.39, 0.29) is 18.6 Å². The number of anilines is 2. The van der Waals surface area contributed by atoms with Gasteiger partial charge in [0.15, 0.2) is 0 Å². The first kappa shape index (κ1) is 14.9. The van der Waals surface area contributed by atoms with Crippen LogP contribution in [0.5, 0.6) is 0 Å². The van der Waals surface area contributed by atoms with Crippen LogP contribution in [0.3, 0.4) is 0 Å². The van der Waals surface area contributed by atoms with E-state index in [1.54, 1.807) is 50.8 Å². The Morgan fingerprint density at radius 1 is 1.43 bits per heavy atom. The highest BCUT2D eigenvalue weighted by atomic mass is 16.3. The number of carbonyl (C=O) groups excluding carboxylic acids is 1. The Balaban J connectivity index is 2.16. The van der Waals surface area contributed by atoms with E-state index in [4.69, 9.17) is 5.11 Å². The summed E-state index contributed by atoms with van der Waals surface area (Å²) < 4.78 is 0. The van der Waals surface area contributed by atoms with Crippen LogP contribution in [0.2, 0.25) is 0 Å². The van der Waals surface area contributed by atoms with E-state index in [2.05, 4.69) is 15.3 Å². The van der Waals surface area contributed by atoms with Gasteiger partial charge in [0, 0.05) is 30.7 Å². The molecule has 1 aromatic heterocycles. The average molecular weight is 286 g/mol. The van der Waals surface area contributed by atoms with Gasteiger partial charge in [0.05, 0.1) is 18.8 Å². The summed E-state index contributed by atoms with van der Waals surface area (Å²) in [5.74, 6) is 0.471. The van der Waals surface area contributed by atoms with E-state index in [9.17, 15) is 4.79 Å². The highest BCUT2D eigenvalue weighted by Gasteiger charge is 2.16. The quantitative estimate of drug-likeness (QED) is 0.874. The van der Waals surface area contributed by atoms with E-state index in [1.165, 1.54) is 4.90 Å². The fourth-order valence-electron chi connectivity index (χ4n) is 1.77. The summed E-state index contributed by atoms with van der Waals surface area (Å²) in [6.45, 7) is 1.72. The van der Waals surface area contributed by atoms with E-state index in [0.29, 0.717) is 11.4 Å². The maximum Gasteiger partial charge on any atom is 0.253 e. The number of nitrogens with zero attached hydrogens (tertiary/aromatic N) is 3. The van der Waals surface area contributed by atoms with Crippen LogP contribution < -0.4 is 5.32 Å². The van der Waals surface area contributed by atoms with Crippen molar-refractivity contribution >= 4 is 17.4 Å². The van der Waals surface area contributed by atoms with E-state index < -0.39 is 0 Å². The van der Waals surface area contributed by atoms with Crippen molar-refractivity contribution in [3.63, 3.8) is 0 Å². The lowest BCUT2D eigenvalue weighted by atomic mass is 10.1. The highest BCUT2D eigenvalue weighted by Crippen LogP contribution is 2.16. The molecule has 110 valence electrons. The van der Waals surface area contributed by atoms with Crippen molar-refractivity contribution in [1.29, 1.82) is 0 Å². The molecule has 0 saturated heterocycles. The minimum Gasteiger partial charge on any atom is -0.394 e. The van der Waals surface area contributed by atoms with Gasteiger partial charge in [-0.2, -0.15) is 0 Å². The SMILES string of the molecule is CC(CO)N(C)C(=O)c1cccc(Nc2cnccn2)c1. The zero-order chi connectivity index (χ0) is 15.2. The fourth-order valence-corrected chi connectivity index (χ4v) is 1.77. The number of amides is 1. The Morgan fingerprint density at radius 3 is 2.90 bits per heavy atom. The molecule has 1 amide bonds. The van der Waals surface area contributed by atoms with Crippen molar-refractivity contribution in [2.45, 2.75) is 13.0 Å². The number of rotatable bonds is 5. The van der Waals surface area contributed by atoms with Gasteiger partial charge in [-0.05, 0) is 25.1 Å². The smallest absolute Gasteiger partial charge is 0.253 e. The molecular weight excluding hydrogens is 268 g/mol. The number of hydrogen-bond acceptors (Lipinski definition) is 5. The number of aliphatic hydroxyl groups excluding tert-OH is 1. The second kappa shape index (κ2) is 6.81. The summed E-state index contributed by atoms with van der Waals surface area (Å²) in [6, 6.07) is 6.90. The monoisotopic (exact) mass is 286 g/mol. The molecule has 0 spiro atoms. The number of aromatic nitrogens is 2. The lowest BCUT2D eigenvalue weighted by Crippen LogP contribution is -2.37. The Morgan fingerprint density at radius 2 is 2.24 bits per heavy atom. The third kappa shape index (κ3) is 3.76. The maximum atomic E-state index is 12.3. The van der Waals surface area contributed by atoms with Crippen molar-refractivity contribution in [3.05, 3.63) is 48.4 Å². The largest absolute Gasteiger partial charge is 0.394 e. The molecule has 0 bridgehead atoms. The number of carbonyl (C=O) groups is 1. The minimum absolute atomic E-state index is 0.0697. The Hall–Kier alpha value is -2.47.